The summed E-state index contributed by atoms with van der Waals surface area (Å²) in [6.45, 7) is 7.41. The van der Waals surface area contributed by atoms with E-state index < -0.39 is 6.10 Å². The minimum absolute atomic E-state index is 0.139. The molecule has 0 saturated heterocycles. The quantitative estimate of drug-likeness (QED) is 0.780. The number of anilines is 2. The monoisotopic (exact) mass is 319 g/mol. The molecule has 5 heteroatoms. The number of carbonyl (C=O) groups is 1. The number of aliphatic hydroxyl groups excluding tert-OH is 1. The largest absolute Gasteiger partial charge is 0.391 e. The summed E-state index contributed by atoms with van der Waals surface area (Å²) < 4.78 is 0. The van der Waals surface area contributed by atoms with Crippen molar-refractivity contribution in [1.82, 2.24) is 5.32 Å². The maximum absolute atomic E-state index is 12.1. The standard InChI is InChI=1S/C18H29N3O2/c1-4-21(13(2)3)15-11-9-14(10-12-15)19-18(23)20-16-7-5-6-8-17(16)22/h9-13,16-17,22H,4-8H2,1-3H3,(H2,19,20,23). The van der Waals surface area contributed by atoms with Gasteiger partial charge in [-0.25, -0.2) is 4.79 Å². The van der Waals surface area contributed by atoms with Crippen molar-refractivity contribution in [3.63, 3.8) is 0 Å². The first-order valence-corrected chi connectivity index (χ1v) is 8.63. The molecule has 0 spiro atoms. The van der Waals surface area contributed by atoms with Gasteiger partial charge in [-0.2, -0.15) is 0 Å². The molecular formula is C18H29N3O2. The van der Waals surface area contributed by atoms with Crippen LogP contribution in [-0.2, 0) is 0 Å². The minimum Gasteiger partial charge on any atom is -0.391 e. The third-order valence-corrected chi connectivity index (χ3v) is 4.47. The van der Waals surface area contributed by atoms with E-state index in [0.29, 0.717) is 6.04 Å². The fourth-order valence-electron chi connectivity index (χ4n) is 3.20. The Morgan fingerprint density at radius 2 is 1.91 bits per heavy atom. The summed E-state index contributed by atoms with van der Waals surface area (Å²) in [4.78, 5) is 14.4. The third kappa shape index (κ3) is 4.86. The molecule has 128 valence electrons. The van der Waals surface area contributed by atoms with Gasteiger partial charge in [0, 0.05) is 24.0 Å². The Balaban J connectivity index is 1.91. The Morgan fingerprint density at radius 3 is 2.48 bits per heavy atom. The maximum atomic E-state index is 12.1. The second-order valence-electron chi connectivity index (χ2n) is 6.48. The van der Waals surface area contributed by atoms with Crippen LogP contribution in [0.5, 0.6) is 0 Å². The first-order valence-electron chi connectivity index (χ1n) is 8.63. The van der Waals surface area contributed by atoms with E-state index >= 15 is 0 Å². The molecule has 0 aromatic heterocycles. The number of nitrogens with zero attached hydrogens (tertiary/aromatic N) is 1. The van der Waals surface area contributed by atoms with Gasteiger partial charge in [0.25, 0.3) is 0 Å². The summed E-state index contributed by atoms with van der Waals surface area (Å²) >= 11 is 0. The highest BCUT2D eigenvalue weighted by Gasteiger charge is 2.24. The molecule has 1 aromatic rings. The molecule has 1 aromatic carbocycles. The van der Waals surface area contributed by atoms with Gasteiger partial charge in [0.05, 0.1) is 12.1 Å². The number of nitrogens with one attached hydrogen (secondary N) is 2. The van der Waals surface area contributed by atoms with Gasteiger partial charge in [0.1, 0.15) is 0 Å². The number of benzene rings is 1. The van der Waals surface area contributed by atoms with Crippen LogP contribution < -0.4 is 15.5 Å². The molecule has 3 N–H and O–H groups in total. The van der Waals surface area contributed by atoms with Crippen molar-refractivity contribution in [2.24, 2.45) is 0 Å². The summed E-state index contributed by atoms with van der Waals surface area (Å²) in [5.41, 5.74) is 1.91. The Morgan fingerprint density at radius 1 is 1.26 bits per heavy atom. The van der Waals surface area contributed by atoms with Crippen molar-refractivity contribution in [2.75, 3.05) is 16.8 Å². The predicted octanol–water partition coefficient (Wildman–Crippen LogP) is 3.35. The normalized spacial score (nSPS) is 21.1. The lowest BCUT2D eigenvalue weighted by molar-refractivity contribution is 0.0955. The van der Waals surface area contributed by atoms with Crippen molar-refractivity contribution in [3.05, 3.63) is 24.3 Å². The van der Waals surface area contributed by atoms with Crippen molar-refractivity contribution >= 4 is 17.4 Å². The Bertz CT molecular complexity index is 501. The number of carbonyl (C=O) groups excluding carboxylic acids is 1. The molecule has 1 saturated carbocycles. The average molecular weight is 319 g/mol. The van der Waals surface area contributed by atoms with Crippen molar-refractivity contribution in [3.8, 4) is 0 Å². The van der Waals surface area contributed by atoms with Gasteiger partial charge in [-0.1, -0.05) is 12.8 Å². The van der Waals surface area contributed by atoms with Crippen LogP contribution in [0.2, 0.25) is 0 Å². The molecule has 0 bridgehead atoms. The van der Waals surface area contributed by atoms with E-state index in [1.54, 1.807) is 0 Å². The molecule has 2 unspecified atom stereocenters. The number of aliphatic hydroxyl groups is 1. The topological polar surface area (TPSA) is 64.6 Å². The van der Waals surface area contributed by atoms with Crippen molar-refractivity contribution in [1.29, 1.82) is 0 Å². The van der Waals surface area contributed by atoms with Gasteiger partial charge in [0.2, 0.25) is 0 Å². The number of urea groups is 1. The van der Waals surface area contributed by atoms with Crippen LogP contribution in [0.25, 0.3) is 0 Å². The van der Waals surface area contributed by atoms with E-state index in [2.05, 4.69) is 36.3 Å². The summed E-state index contributed by atoms with van der Waals surface area (Å²) in [5, 5.41) is 15.6. The maximum Gasteiger partial charge on any atom is 0.319 e. The number of amides is 2. The van der Waals surface area contributed by atoms with Crippen LogP contribution in [0.4, 0.5) is 16.2 Å². The van der Waals surface area contributed by atoms with E-state index in [0.717, 1.165) is 43.6 Å². The molecular weight excluding hydrogens is 290 g/mol. The SMILES string of the molecule is CCN(c1ccc(NC(=O)NC2CCCCC2O)cc1)C(C)C. The lowest BCUT2D eigenvalue weighted by Gasteiger charge is -2.28. The van der Waals surface area contributed by atoms with Crippen LogP contribution >= 0.6 is 0 Å². The molecule has 2 atom stereocenters. The molecule has 2 amide bonds. The molecule has 0 radical (unpaired) electrons. The molecule has 0 heterocycles. The van der Waals surface area contributed by atoms with Crippen LogP contribution in [0.15, 0.2) is 24.3 Å². The number of hydrogen-bond donors (Lipinski definition) is 3. The Labute approximate surface area is 139 Å². The highest BCUT2D eigenvalue weighted by molar-refractivity contribution is 5.89. The second kappa shape index (κ2) is 8.20. The van der Waals surface area contributed by atoms with Gasteiger partial charge >= 0.3 is 6.03 Å². The number of hydrogen-bond acceptors (Lipinski definition) is 3. The van der Waals surface area contributed by atoms with Crippen molar-refractivity contribution < 1.29 is 9.90 Å². The van der Waals surface area contributed by atoms with Gasteiger partial charge in [-0.05, 0) is 57.9 Å². The molecule has 23 heavy (non-hydrogen) atoms. The summed E-state index contributed by atoms with van der Waals surface area (Å²) in [5.74, 6) is 0. The van der Waals surface area contributed by atoms with Crippen LogP contribution in [0, 0.1) is 0 Å². The predicted molar refractivity (Wildman–Crippen MR) is 95.0 cm³/mol. The molecule has 1 aliphatic rings. The zero-order valence-corrected chi connectivity index (χ0v) is 14.4. The lowest BCUT2D eigenvalue weighted by atomic mass is 9.93. The zero-order valence-electron chi connectivity index (χ0n) is 14.4. The van der Waals surface area contributed by atoms with E-state index in [-0.39, 0.29) is 12.1 Å². The van der Waals surface area contributed by atoms with Crippen LogP contribution in [0.3, 0.4) is 0 Å². The first kappa shape index (κ1) is 17.6. The van der Waals surface area contributed by atoms with Crippen molar-refractivity contribution in [2.45, 2.75) is 64.6 Å². The van der Waals surface area contributed by atoms with Gasteiger partial charge in [0.15, 0.2) is 0 Å². The second-order valence-corrected chi connectivity index (χ2v) is 6.48. The summed E-state index contributed by atoms with van der Waals surface area (Å²) in [6, 6.07) is 7.92. The van der Waals surface area contributed by atoms with E-state index in [1.807, 2.05) is 24.3 Å². The summed E-state index contributed by atoms with van der Waals surface area (Å²) in [6.07, 6.45) is 3.26. The average Bonchev–Trinajstić information content (AvgIpc) is 2.51. The fourth-order valence-corrected chi connectivity index (χ4v) is 3.20. The van der Waals surface area contributed by atoms with E-state index in [1.165, 1.54) is 0 Å². The van der Waals surface area contributed by atoms with Gasteiger partial charge < -0.3 is 20.6 Å². The minimum atomic E-state index is -0.430. The molecule has 1 aliphatic carbocycles. The van der Waals surface area contributed by atoms with Crippen LogP contribution in [0.1, 0.15) is 46.5 Å². The molecule has 5 nitrogen and oxygen atoms in total. The fraction of sp³-hybridized carbons (Fsp3) is 0.611. The molecule has 0 aliphatic heterocycles. The number of rotatable bonds is 5. The van der Waals surface area contributed by atoms with Crippen LogP contribution in [-0.4, -0.2) is 35.9 Å². The van der Waals surface area contributed by atoms with E-state index in [4.69, 9.17) is 0 Å². The van der Waals surface area contributed by atoms with Gasteiger partial charge in [-0.3, -0.25) is 0 Å². The molecule has 2 rings (SSSR count). The first-order chi connectivity index (χ1) is 11.0. The zero-order chi connectivity index (χ0) is 16.8. The molecule has 1 fully saturated rings. The summed E-state index contributed by atoms with van der Waals surface area (Å²) in [7, 11) is 0. The smallest absolute Gasteiger partial charge is 0.319 e. The third-order valence-electron chi connectivity index (χ3n) is 4.47. The van der Waals surface area contributed by atoms with Gasteiger partial charge in [-0.15, -0.1) is 0 Å². The van der Waals surface area contributed by atoms with E-state index in [9.17, 15) is 9.90 Å². The highest BCUT2D eigenvalue weighted by atomic mass is 16.3. The highest BCUT2D eigenvalue weighted by Crippen LogP contribution is 2.21. The Kier molecular flexibility index (Phi) is 6.28. The lowest BCUT2D eigenvalue weighted by Crippen LogP contribution is -2.46. The Hall–Kier alpha value is -1.75.